The molecule has 1 aliphatic rings. The Morgan fingerprint density at radius 3 is 2.89 bits per heavy atom. The summed E-state index contributed by atoms with van der Waals surface area (Å²) in [6, 6.07) is 4.71. The number of benzene rings is 1. The van der Waals surface area contributed by atoms with Crippen LogP contribution in [0.4, 0.5) is 0 Å². The van der Waals surface area contributed by atoms with E-state index in [4.69, 9.17) is 9.47 Å². The number of carbonyl (C=O) groups excluding carboxylic acids is 3. The summed E-state index contributed by atoms with van der Waals surface area (Å²) in [4.78, 5) is 40.3. The smallest absolute Gasteiger partial charge is 0.252 e. The second kappa shape index (κ2) is 14.6. The molecule has 2 heterocycles. The summed E-state index contributed by atoms with van der Waals surface area (Å²) in [6.07, 6.45) is 5.50. The van der Waals surface area contributed by atoms with Gasteiger partial charge in [-0.1, -0.05) is 11.3 Å². The van der Waals surface area contributed by atoms with Gasteiger partial charge in [-0.15, -0.1) is 5.10 Å². The first-order valence-corrected chi connectivity index (χ1v) is 13.8. The zero-order valence-electron chi connectivity index (χ0n) is 21.7. The third-order valence-electron chi connectivity index (χ3n) is 5.95. The average molecular weight is 533 g/mol. The lowest BCUT2D eigenvalue weighted by atomic mass is 10.1. The third kappa shape index (κ3) is 8.74. The lowest BCUT2D eigenvalue weighted by Gasteiger charge is -2.22. The fourth-order valence-electron chi connectivity index (χ4n) is 3.92. The molecule has 0 fully saturated rings. The van der Waals surface area contributed by atoms with Crippen LogP contribution < -0.4 is 15.4 Å². The van der Waals surface area contributed by atoms with E-state index in [1.165, 1.54) is 7.11 Å². The van der Waals surface area contributed by atoms with Crippen LogP contribution in [0.5, 0.6) is 5.75 Å². The Labute approximate surface area is 221 Å². The highest BCUT2D eigenvalue weighted by atomic mass is 32.2. The molecule has 3 rings (SSSR count). The Morgan fingerprint density at radius 1 is 1.27 bits per heavy atom. The van der Waals surface area contributed by atoms with Gasteiger partial charge in [0.25, 0.3) is 5.91 Å². The molecule has 0 unspecified atom stereocenters. The standard InChI is InChI=1S/C25H36N6O5S/c1-18-6-7-20-14-21(18)24(33)27-22(8-13-37-3)25(34)26-9-4-10-30(23(32)17-35-2)15-19-16-31(29-28-19)11-5-12-36-20/h6-7,14,16,22H,4-5,8-13,15,17H2,1-3H3,(H,26,34)(H,27,33)/t22-/m0/s1. The molecule has 0 saturated heterocycles. The van der Waals surface area contributed by atoms with E-state index in [0.717, 1.165) is 11.3 Å². The number of aryl methyl sites for hydroxylation is 2. The van der Waals surface area contributed by atoms with Crippen molar-refractivity contribution in [2.45, 2.75) is 45.3 Å². The number of amides is 3. The van der Waals surface area contributed by atoms with Crippen molar-refractivity contribution in [1.29, 1.82) is 0 Å². The van der Waals surface area contributed by atoms with E-state index in [1.54, 1.807) is 27.4 Å². The van der Waals surface area contributed by atoms with Gasteiger partial charge in [0.2, 0.25) is 11.8 Å². The lowest BCUT2D eigenvalue weighted by Crippen LogP contribution is -2.47. The summed E-state index contributed by atoms with van der Waals surface area (Å²) >= 11 is 1.61. The molecule has 1 aliphatic heterocycles. The van der Waals surface area contributed by atoms with Crippen LogP contribution in [-0.2, 0) is 27.4 Å². The minimum absolute atomic E-state index is 0.0415. The van der Waals surface area contributed by atoms with Gasteiger partial charge < -0.3 is 25.0 Å². The van der Waals surface area contributed by atoms with E-state index in [1.807, 2.05) is 31.5 Å². The van der Waals surface area contributed by atoms with Crippen molar-refractivity contribution in [3.05, 3.63) is 41.2 Å². The van der Waals surface area contributed by atoms with Crippen molar-refractivity contribution in [2.24, 2.45) is 0 Å². The van der Waals surface area contributed by atoms with Gasteiger partial charge in [-0.25, -0.2) is 0 Å². The first kappa shape index (κ1) is 28.5. The quantitative estimate of drug-likeness (QED) is 0.592. The minimum Gasteiger partial charge on any atom is -0.494 e. The van der Waals surface area contributed by atoms with E-state index in [0.29, 0.717) is 69.1 Å². The maximum Gasteiger partial charge on any atom is 0.252 e. The van der Waals surface area contributed by atoms with Crippen LogP contribution in [0.1, 0.15) is 40.9 Å². The number of carbonyl (C=O) groups is 3. The van der Waals surface area contributed by atoms with Crippen LogP contribution in [0.3, 0.4) is 0 Å². The number of rotatable bonds is 5. The number of methoxy groups -OCH3 is 1. The van der Waals surface area contributed by atoms with Crippen molar-refractivity contribution in [3.63, 3.8) is 0 Å². The van der Waals surface area contributed by atoms with Gasteiger partial charge >= 0.3 is 0 Å². The highest BCUT2D eigenvalue weighted by molar-refractivity contribution is 7.98. The first-order chi connectivity index (χ1) is 17.9. The predicted octanol–water partition coefficient (Wildman–Crippen LogP) is 1.40. The fourth-order valence-corrected chi connectivity index (χ4v) is 4.39. The Hall–Kier alpha value is -3.12. The predicted molar refractivity (Wildman–Crippen MR) is 140 cm³/mol. The lowest BCUT2D eigenvalue weighted by molar-refractivity contribution is -0.135. The van der Waals surface area contributed by atoms with Crippen molar-refractivity contribution in [3.8, 4) is 5.75 Å². The van der Waals surface area contributed by atoms with Crippen LogP contribution in [0, 0.1) is 6.92 Å². The number of nitrogens with one attached hydrogen (secondary N) is 2. The molecule has 12 heteroatoms. The van der Waals surface area contributed by atoms with Crippen LogP contribution in [0.15, 0.2) is 24.4 Å². The number of hydrogen-bond donors (Lipinski definition) is 2. The molecule has 2 aromatic rings. The second-order valence-electron chi connectivity index (χ2n) is 8.85. The van der Waals surface area contributed by atoms with Crippen LogP contribution in [0.2, 0.25) is 0 Å². The Morgan fingerprint density at radius 2 is 2.11 bits per heavy atom. The van der Waals surface area contributed by atoms with E-state index in [9.17, 15) is 14.4 Å². The molecule has 1 aromatic carbocycles. The average Bonchev–Trinajstić information content (AvgIpc) is 3.33. The van der Waals surface area contributed by atoms with Crippen molar-refractivity contribution < 1.29 is 23.9 Å². The second-order valence-corrected chi connectivity index (χ2v) is 9.84. The molecule has 37 heavy (non-hydrogen) atoms. The SMILES string of the molecule is COCC(=O)N1CCCNC(=O)[C@H](CCSC)NC(=O)c2cc(ccc2C)OCCCn2cc(nn2)C1. The van der Waals surface area contributed by atoms with Crippen LogP contribution in [0.25, 0.3) is 0 Å². The van der Waals surface area contributed by atoms with E-state index in [-0.39, 0.29) is 24.3 Å². The molecule has 0 aliphatic carbocycles. The Balaban J connectivity index is 1.79. The number of aromatic nitrogens is 3. The summed E-state index contributed by atoms with van der Waals surface area (Å²) in [5.74, 6) is 0.576. The van der Waals surface area contributed by atoms with E-state index >= 15 is 0 Å². The van der Waals surface area contributed by atoms with Gasteiger partial charge in [0.1, 0.15) is 24.1 Å². The normalized spacial score (nSPS) is 17.9. The molecule has 0 radical (unpaired) electrons. The summed E-state index contributed by atoms with van der Waals surface area (Å²) in [5, 5.41) is 14.2. The van der Waals surface area contributed by atoms with Gasteiger partial charge in [-0.2, -0.15) is 11.8 Å². The monoisotopic (exact) mass is 532 g/mol. The van der Waals surface area contributed by atoms with Gasteiger partial charge in [0, 0.05) is 38.7 Å². The molecule has 1 atom stereocenters. The number of thioether (sulfide) groups is 1. The van der Waals surface area contributed by atoms with Gasteiger partial charge in [0.05, 0.1) is 19.3 Å². The van der Waals surface area contributed by atoms with Crippen LogP contribution >= 0.6 is 11.8 Å². The summed E-state index contributed by atoms with van der Waals surface area (Å²) in [6.45, 7) is 3.91. The van der Waals surface area contributed by atoms with Gasteiger partial charge in [0.15, 0.2) is 0 Å². The zero-order valence-corrected chi connectivity index (χ0v) is 22.5. The molecule has 202 valence electrons. The molecule has 1 aromatic heterocycles. The van der Waals surface area contributed by atoms with Crippen LogP contribution in [-0.4, -0.2) is 89.1 Å². The first-order valence-electron chi connectivity index (χ1n) is 12.4. The van der Waals surface area contributed by atoms with E-state index < -0.39 is 6.04 Å². The molecule has 2 N–H and O–H groups in total. The summed E-state index contributed by atoms with van der Waals surface area (Å²) in [7, 11) is 1.48. The molecule has 3 amide bonds. The van der Waals surface area contributed by atoms with Gasteiger partial charge in [-0.3, -0.25) is 19.1 Å². The van der Waals surface area contributed by atoms with Crippen molar-refractivity contribution in [1.82, 2.24) is 30.5 Å². The van der Waals surface area contributed by atoms with Crippen molar-refractivity contribution in [2.75, 3.05) is 45.4 Å². The van der Waals surface area contributed by atoms with E-state index in [2.05, 4.69) is 20.9 Å². The molecule has 0 spiro atoms. The Bertz CT molecular complexity index is 1060. The summed E-state index contributed by atoms with van der Waals surface area (Å²) < 4.78 is 12.6. The molecular weight excluding hydrogens is 496 g/mol. The largest absolute Gasteiger partial charge is 0.494 e. The topological polar surface area (TPSA) is 128 Å². The third-order valence-corrected chi connectivity index (χ3v) is 6.59. The summed E-state index contributed by atoms with van der Waals surface area (Å²) in [5.41, 5.74) is 1.95. The highest BCUT2D eigenvalue weighted by Gasteiger charge is 2.23. The Kier molecular flexibility index (Phi) is 11.2. The number of nitrogens with zero attached hydrogens (tertiary/aromatic N) is 4. The van der Waals surface area contributed by atoms with Gasteiger partial charge in [-0.05, 0) is 49.5 Å². The number of fused-ring (bicyclic) bond motifs is 4. The molecular formula is C25H36N6O5S. The molecule has 4 bridgehead atoms. The number of hydrogen-bond acceptors (Lipinski definition) is 8. The maximum absolute atomic E-state index is 13.1. The minimum atomic E-state index is -0.671. The number of ether oxygens (including phenoxy) is 2. The molecule has 11 nitrogen and oxygen atoms in total. The molecule has 0 saturated carbocycles. The highest BCUT2D eigenvalue weighted by Crippen LogP contribution is 2.18. The zero-order chi connectivity index (χ0) is 26.6. The fraction of sp³-hybridized carbons (Fsp3) is 0.560. The maximum atomic E-state index is 13.1. The van der Waals surface area contributed by atoms with Crippen molar-refractivity contribution >= 4 is 29.5 Å².